The molecule has 1 rings (SSSR count). The molecule has 0 unspecified atom stereocenters. The lowest BCUT2D eigenvalue weighted by Crippen LogP contribution is -2.36. The summed E-state index contributed by atoms with van der Waals surface area (Å²) in [4.78, 5) is 4.29. The van der Waals surface area contributed by atoms with Gasteiger partial charge in [0.15, 0.2) is 0 Å². The zero-order valence-electron chi connectivity index (χ0n) is 10.3. The molecule has 0 atom stereocenters. The number of aryl methyl sites for hydroxylation is 2. The molecule has 1 aromatic rings. The molecule has 84 valence electrons. The Kier molecular flexibility index (Phi) is 4.28. The van der Waals surface area contributed by atoms with Gasteiger partial charge in [0.25, 0.3) is 0 Å². The van der Waals surface area contributed by atoms with Crippen LogP contribution in [0.2, 0.25) is 0 Å². The molecule has 1 aromatic heterocycles. The summed E-state index contributed by atoms with van der Waals surface area (Å²) in [5.41, 5.74) is 2.65. The minimum Gasteiger partial charge on any atom is -0.312 e. The number of rotatable bonds is 4. The molecule has 2 nitrogen and oxygen atoms in total. The number of hydrogen-bond acceptors (Lipinski definition) is 2. The van der Waals surface area contributed by atoms with Crippen molar-refractivity contribution in [2.24, 2.45) is 0 Å². The van der Waals surface area contributed by atoms with Crippen molar-refractivity contribution in [1.29, 1.82) is 0 Å². The third kappa shape index (κ3) is 5.53. The van der Waals surface area contributed by atoms with Gasteiger partial charge in [0.05, 0.1) is 0 Å². The minimum atomic E-state index is 0.228. The Labute approximate surface area is 93.1 Å². The van der Waals surface area contributed by atoms with E-state index in [-0.39, 0.29) is 5.54 Å². The summed E-state index contributed by atoms with van der Waals surface area (Å²) in [7, 11) is 0. The maximum Gasteiger partial charge on any atom is 0.0372 e. The van der Waals surface area contributed by atoms with Crippen molar-refractivity contribution < 1.29 is 0 Å². The van der Waals surface area contributed by atoms with Crippen LogP contribution < -0.4 is 5.32 Å². The zero-order chi connectivity index (χ0) is 11.3. The van der Waals surface area contributed by atoms with Crippen LogP contribution in [0.25, 0.3) is 0 Å². The van der Waals surface area contributed by atoms with Crippen LogP contribution >= 0.6 is 0 Å². The van der Waals surface area contributed by atoms with E-state index < -0.39 is 0 Å². The van der Waals surface area contributed by atoms with E-state index in [1.165, 1.54) is 12.0 Å². The van der Waals surface area contributed by atoms with Gasteiger partial charge >= 0.3 is 0 Å². The SMILES string of the molecule is Cc1ccc(CCCNC(C)(C)C)cn1. The van der Waals surface area contributed by atoms with E-state index in [0.29, 0.717) is 0 Å². The first-order chi connectivity index (χ1) is 6.97. The van der Waals surface area contributed by atoms with Crippen molar-refractivity contribution >= 4 is 0 Å². The number of pyridine rings is 1. The Morgan fingerprint density at radius 2 is 2.00 bits per heavy atom. The Balaban J connectivity index is 2.23. The number of nitrogens with zero attached hydrogens (tertiary/aromatic N) is 1. The highest BCUT2D eigenvalue weighted by molar-refractivity contribution is 5.13. The second kappa shape index (κ2) is 5.26. The highest BCUT2D eigenvalue weighted by Crippen LogP contribution is 2.03. The molecule has 0 aromatic carbocycles. The lowest BCUT2D eigenvalue weighted by Gasteiger charge is -2.20. The molecule has 0 aliphatic heterocycles. The molecule has 0 aliphatic rings. The topological polar surface area (TPSA) is 24.9 Å². The predicted molar refractivity (Wildman–Crippen MR) is 65.1 cm³/mol. The molecule has 1 N–H and O–H groups in total. The predicted octanol–water partition coefficient (Wildman–Crippen LogP) is 2.71. The van der Waals surface area contributed by atoms with Crippen molar-refractivity contribution in [3.63, 3.8) is 0 Å². The molecule has 15 heavy (non-hydrogen) atoms. The Morgan fingerprint density at radius 3 is 2.53 bits per heavy atom. The van der Waals surface area contributed by atoms with Crippen LogP contribution in [0.15, 0.2) is 18.3 Å². The monoisotopic (exact) mass is 206 g/mol. The first kappa shape index (κ1) is 12.2. The van der Waals surface area contributed by atoms with Gasteiger partial charge in [-0.05, 0) is 58.7 Å². The first-order valence-corrected chi connectivity index (χ1v) is 5.64. The summed E-state index contributed by atoms with van der Waals surface area (Å²) in [6.45, 7) is 9.67. The van der Waals surface area contributed by atoms with Crippen molar-refractivity contribution in [3.05, 3.63) is 29.6 Å². The molecule has 0 saturated carbocycles. The third-order valence-corrected chi connectivity index (χ3v) is 2.27. The van der Waals surface area contributed by atoms with Crippen molar-refractivity contribution in [3.8, 4) is 0 Å². The van der Waals surface area contributed by atoms with Gasteiger partial charge in [0.2, 0.25) is 0 Å². The lowest BCUT2D eigenvalue weighted by molar-refractivity contribution is 0.422. The molecular weight excluding hydrogens is 184 g/mol. The van der Waals surface area contributed by atoms with Gasteiger partial charge in [0, 0.05) is 17.4 Å². The molecule has 0 spiro atoms. The number of hydrogen-bond donors (Lipinski definition) is 1. The van der Waals surface area contributed by atoms with Crippen molar-refractivity contribution in [2.75, 3.05) is 6.54 Å². The normalized spacial score (nSPS) is 11.7. The number of nitrogens with one attached hydrogen (secondary N) is 1. The quantitative estimate of drug-likeness (QED) is 0.766. The fraction of sp³-hybridized carbons (Fsp3) is 0.615. The van der Waals surface area contributed by atoms with E-state index >= 15 is 0 Å². The van der Waals surface area contributed by atoms with Crippen LogP contribution in [0.1, 0.15) is 38.4 Å². The molecule has 0 radical (unpaired) electrons. The minimum absolute atomic E-state index is 0.228. The van der Waals surface area contributed by atoms with Crippen LogP contribution in [0.4, 0.5) is 0 Å². The molecular formula is C13H22N2. The molecule has 0 bridgehead atoms. The average molecular weight is 206 g/mol. The Morgan fingerprint density at radius 1 is 1.27 bits per heavy atom. The fourth-order valence-corrected chi connectivity index (χ4v) is 1.40. The van der Waals surface area contributed by atoms with E-state index in [2.05, 4.69) is 43.2 Å². The first-order valence-electron chi connectivity index (χ1n) is 5.64. The van der Waals surface area contributed by atoms with Gasteiger partial charge in [-0.3, -0.25) is 4.98 Å². The van der Waals surface area contributed by atoms with Crippen LogP contribution in [0.3, 0.4) is 0 Å². The second-order valence-electron chi connectivity index (χ2n) is 5.09. The van der Waals surface area contributed by atoms with Crippen LogP contribution in [0.5, 0.6) is 0 Å². The van der Waals surface area contributed by atoms with E-state index in [1.54, 1.807) is 0 Å². The van der Waals surface area contributed by atoms with Gasteiger partial charge in [-0.25, -0.2) is 0 Å². The average Bonchev–Trinajstić information content (AvgIpc) is 2.14. The van der Waals surface area contributed by atoms with Crippen molar-refractivity contribution in [1.82, 2.24) is 10.3 Å². The van der Waals surface area contributed by atoms with Crippen LogP contribution in [0, 0.1) is 6.92 Å². The summed E-state index contributed by atoms with van der Waals surface area (Å²) in [5.74, 6) is 0. The standard InChI is InChI=1S/C13H22N2/c1-11-7-8-12(10-14-11)6-5-9-15-13(2,3)4/h7-8,10,15H,5-6,9H2,1-4H3. The van der Waals surface area contributed by atoms with Gasteiger partial charge in [0.1, 0.15) is 0 Å². The van der Waals surface area contributed by atoms with E-state index in [9.17, 15) is 0 Å². The van der Waals surface area contributed by atoms with Crippen LogP contribution in [-0.2, 0) is 6.42 Å². The Hall–Kier alpha value is -0.890. The second-order valence-corrected chi connectivity index (χ2v) is 5.09. The van der Waals surface area contributed by atoms with Gasteiger partial charge in [-0.2, -0.15) is 0 Å². The van der Waals surface area contributed by atoms with Crippen LogP contribution in [-0.4, -0.2) is 17.1 Å². The van der Waals surface area contributed by atoms with Gasteiger partial charge in [-0.15, -0.1) is 0 Å². The summed E-state index contributed by atoms with van der Waals surface area (Å²) in [6, 6.07) is 4.24. The van der Waals surface area contributed by atoms with E-state index in [0.717, 1.165) is 18.7 Å². The van der Waals surface area contributed by atoms with E-state index in [1.807, 2.05) is 13.1 Å². The molecule has 1 heterocycles. The van der Waals surface area contributed by atoms with Gasteiger partial charge < -0.3 is 5.32 Å². The van der Waals surface area contributed by atoms with Gasteiger partial charge in [-0.1, -0.05) is 6.07 Å². The highest BCUT2D eigenvalue weighted by Gasteiger charge is 2.06. The third-order valence-electron chi connectivity index (χ3n) is 2.27. The zero-order valence-corrected chi connectivity index (χ0v) is 10.3. The molecule has 0 amide bonds. The summed E-state index contributed by atoms with van der Waals surface area (Å²) in [6.07, 6.45) is 4.25. The van der Waals surface area contributed by atoms with Crippen molar-refractivity contribution in [2.45, 2.75) is 46.1 Å². The molecule has 0 fully saturated rings. The summed E-state index contributed by atoms with van der Waals surface area (Å²) >= 11 is 0. The Bertz CT molecular complexity index is 282. The molecule has 2 heteroatoms. The largest absolute Gasteiger partial charge is 0.312 e. The maximum atomic E-state index is 4.29. The summed E-state index contributed by atoms with van der Waals surface area (Å²) in [5, 5.41) is 3.48. The lowest BCUT2D eigenvalue weighted by atomic mass is 10.1. The summed E-state index contributed by atoms with van der Waals surface area (Å²) < 4.78 is 0. The molecule has 0 aliphatic carbocycles. The number of aromatic nitrogens is 1. The fourth-order valence-electron chi connectivity index (χ4n) is 1.40. The van der Waals surface area contributed by atoms with E-state index in [4.69, 9.17) is 0 Å². The highest BCUT2D eigenvalue weighted by atomic mass is 14.9. The maximum absolute atomic E-state index is 4.29. The smallest absolute Gasteiger partial charge is 0.0372 e. The molecule has 0 saturated heterocycles.